The van der Waals surface area contributed by atoms with Crippen LogP contribution in [0.25, 0.3) is 17.4 Å². The largest absolute Gasteiger partial charge is 0.493 e. The van der Waals surface area contributed by atoms with Crippen LogP contribution >= 0.6 is 11.6 Å². The molecule has 0 saturated carbocycles. The SMILES string of the molecule is COc1cc(/C=C/C(=O)N2C[C@H]3CCCN(C(=O)c4ccc(-c5ccc(Cl)cc5)o4)[C@H]3C2)cc(OC)c1OC. The third-order valence-electron chi connectivity index (χ3n) is 7.40. The van der Waals surface area contributed by atoms with Gasteiger partial charge in [-0.1, -0.05) is 11.6 Å². The average molecular weight is 551 g/mol. The molecule has 0 radical (unpaired) electrons. The molecule has 8 nitrogen and oxygen atoms in total. The Morgan fingerprint density at radius 2 is 1.69 bits per heavy atom. The molecule has 204 valence electrons. The second-order valence-electron chi connectivity index (χ2n) is 9.67. The number of ether oxygens (including phenoxy) is 3. The number of methoxy groups -OCH3 is 3. The van der Waals surface area contributed by atoms with Gasteiger partial charge in [-0.3, -0.25) is 9.59 Å². The first-order chi connectivity index (χ1) is 18.9. The molecule has 0 bridgehead atoms. The Morgan fingerprint density at radius 1 is 0.974 bits per heavy atom. The van der Waals surface area contributed by atoms with E-state index in [2.05, 4.69) is 0 Å². The molecule has 9 heteroatoms. The van der Waals surface area contributed by atoms with Crippen LogP contribution < -0.4 is 14.2 Å². The van der Waals surface area contributed by atoms with Crippen LogP contribution in [0.3, 0.4) is 0 Å². The predicted molar refractivity (Wildman–Crippen MR) is 148 cm³/mol. The lowest BCUT2D eigenvalue weighted by atomic mass is 9.92. The van der Waals surface area contributed by atoms with Crippen LogP contribution in [0, 0.1) is 5.92 Å². The summed E-state index contributed by atoms with van der Waals surface area (Å²) in [5, 5.41) is 0.639. The molecule has 2 amide bonds. The van der Waals surface area contributed by atoms with Crippen molar-refractivity contribution >= 4 is 29.5 Å². The standard InChI is InChI=1S/C30H31ClN2O6/c1-36-26-15-19(16-27(37-2)29(26)38-3)6-13-28(34)32-17-21-5-4-14-33(23(21)18-32)30(35)25-12-11-24(39-25)20-7-9-22(31)10-8-20/h6-13,15-16,21,23H,4-5,14,17-18H2,1-3H3/b13-6+/t21-,23+/m1/s1. The normalized spacial score (nSPS) is 18.8. The molecule has 2 aromatic carbocycles. The Kier molecular flexibility index (Phi) is 7.84. The molecule has 5 rings (SSSR count). The van der Waals surface area contributed by atoms with Gasteiger partial charge in [0.1, 0.15) is 5.76 Å². The predicted octanol–water partition coefficient (Wildman–Crippen LogP) is 5.40. The van der Waals surface area contributed by atoms with Crippen molar-refractivity contribution in [2.24, 2.45) is 5.92 Å². The number of rotatable bonds is 7. The molecular weight excluding hydrogens is 520 g/mol. The van der Waals surface area contributed by atoms with E-state index in [0.717, 1.165) is 24.0 Å². The number of halogens is 1. The maximum atomic E-state index is 13.5. The number of nitrogens with zero attached hydrogens (tertiary/aromatic N) is 2. The van der Waals surface area contributed by atoms with Crippen LogP contribution in [0.4, 0.5) is 0 Å². The van der Waals surface area contributed by atoms with Gasteiger partial charge in [0.05, 0.1) is 27.4 Å². The maximum Gasteiger partial charge on any atom is 0.289 e. The van der Waals surface area contributed by atoms with Crippen LogP contribution in [-0.4, -0.2) is 68.6 Å². The minimum Gasteiger partial charge on any atom is -0.493 e. The molecule has 2 saturated heterocycles. The number of carbonyl (C=O) groups excluding carboxylic acids is 2. The first kappa shape index (κ1) is 26.7. The second kappa shape index (κ2) is 11.5. The molecule has 3 aromatic rings. The van der Waals surface area contributed by atoms with E-state index < -0.39 is 0 Å². The summed E-state index contributed by atoms with van der Waals surface area (Å²) in [4.78, 5) is 30.3. The van der Waals surface area contributed by atoms with E-state index in [4.69, 9.17) is 30.2 Å². The molecule has 1 aromatic heterocycles. The van der Waals surface area contributed by atoms with Crippen molar-refractivity contribution in [3.63, 3.8) is 0 Å². The third kappa shape index (κ3) is 5.47. The van der Waals surface area contributed by atoms with Gasteiger partial charge in [0.15, 0.2) is 17.3 Å². The van der Waals surface area contributed by atoms with Gasteiger partial charge < -0.3 is 28.4 Å². The van der Waals surface area contributed by atoms with E-state index in [1.54, 1.807) is 69.9 Å². The van der Waals surface area contributed by atoms with Crippen LogP contribution in [0.2, 0.25) is 5.02 Å². The summed E-state index contributed by atoms with van der Waals surface area (Å²) in [7, 11) is 4.65. The Balaban J connectivity index is 1.28. The fourth-order valence-corrected chi connectivity index (χ4v) is 5.57. The molecule has 2 atom stereocenters. The van der Waals surface area contributed by atoms with Gasteiger partial charge in [0.25, 0.3) is 5.91 Å². The highest BCUT2D eigenvalue weighted by Crippen LogP contribution is 2.39. The highest BCUT2D eigenvalue weighted by atomic mass is 35.5. The molecular formula is C30H31ClN2O6. The zero-order valence-corrected chi connectivity index (χ0v) is 22.9. The van der Waals surface area contributed by atoms with Gasteiger partial charge in [-0.15, -0.1) is 0 Å². The summed E-state index contributed by atoms with van der Waals surface area (Å²) in [6.07, 6.45) is 5.15. The van der Waals surface area contributed by atoms with E-state index in [1.807, 2.05) is 21.9 Å². The summed E-state index contributed by atoms with van der Waals surface area (Å²) in [5.74, 6) is 2.42. The first-order valence-electron chi connectivity index (χ1n) is 12.9. The summed E-state index contributed by atoms with van der Waals surface area (Å²) < 4.78 is 22.1. The zero-order valence-electron chi connectivity index (χ0n) is 22.2. The molecule has 0 spiro atoms. The molecule has 0 unspecified atom stereocenters. The number of piperidine rings is 1. The lowest BCUT2D eigenvalue weighted by Gasteiger charge is -2.36. The van der Waals surface area contributed by atoms with Crippen molar-refractivity contribution in [2.45, 2.75) is 18.9 Å². The molecule has 2 fully saturated rings. The van der Waals surface area contributed by atoms with E-state index in [-0.39, 0.29) is 23.8 Å². The van der Waals surface area contributed by atoms with Gasteiger partial charge in [-0.2, -0.15) is 0 Å². The van der Waals surface area contributed by atoms with Crippen molar-refractivity contribution < 1.29 is 28.2 Å². The van der Waals surface area contributed by atoms with E-state index in [1.165, 1.54) is 0 Å². The number of hydrogen-bond acceptors (Lipinski definition) is 6. The number of fused-ring (bicyclic) bond motifs is 1. The molecule has 39 heavy (non-hydrogen) atoms. The fourth-order valence-electron chi connectivity index (χ4n) is 5.45. The van der Waals surface area contributed by atoms with Gasteiger partial charge in [-0.05, 0) is 78.9 Å². The van der Waals surface area contributed by atoms with Crippen LogP contribution in [-0.2, 0) is 4.79 Å². The molecule has 2 aliphatic rings. The Morgan fingerprint density at radius 3 is 2.36 bits per heavy atom. The highest BCUT2D eigenvalue weighted by molar-refractivity contribution is 6.30. The summed E-state index contributed by atoms with van der Waals surface area (Å²) >= 11 is 5.99. The van der Waals surface area contributed by atoms with Gasteiger partial charge >= 0.3 is 0 Å². The van der Waals surface area contributed by atoms with E-state index >= 15 is 0 Å². The lowest BCUT2D eigenvalue weighted by molar-refractivity contribution is -0.125. The zero-order chi connectivity index (χ0) is 27.5. The Labute approximate surface area is 232 Å². The first-order valence-corrected chi connectivity index (χ1v) is 13.2. The fraction of sp³-hybridized carbons (Fsp3) is 0.333. The Hall–Kier alpha value is -3.91. The summed E-state index contributed by atoms with van der Waals surface area (Å²) in [5.41, 5.74) is 1.60. The molecule has 3 heterocycles. The molecule has 2 aliphatic heterocycles. The minimum atomic E-state index is -0.146. The minimum absolute atomic E-state index is 0.0474. The van der Waals surface area contributed by atoms with Crippen molar-refractivity contribution in [1.82, 2.24) is 9.80 Å². The monoisotopic (exact) mass is 550 g/mol. The summed E-state index contributed by atoms with van der Waals surface area (Å²) in [6, 6.07) is 14.3. The van der Waals surface area contributed by atoms with Crippen LogP contribution in [0.1, 0.15) is 29.0 Å². The van der Waals surface area contributed by atoms with Crippen molar-refractivity contribution in [1.29, 1.82) is 0 Å². The number of hydrogen-bond donors (Lipinski definition) is 0. The number of carbonyl (C=O) groups is 2. The third-order valence-corrected chi connectivity index (χ3v) is 7.66. The highest BCUT2D eigenvalue weighted by Gasteiger charge is 2.42. The van der Waals surface area contributed by atoms with Crippen LogP contribution in [0.5, 0.6) is 17.2 Å². The Bertz CT molecular complexity index is 1360. The molecule has 0 aliphatic carbocycles. The quantitative estimate of drug-likeness (QED) is 0.366. The maximum absolute atomic E-state index is 13.5. The number of benzene rings is 2. The van der Waals surface area contributed by atoms with Gasteiger partial charge in [0.2, 0.25) is 11.7 Å². The number of furan rings is 1. The summed E-state index contributed by atoms with van der Waals surface area (Å²) in [6.45, 7) is 1.74. The topological polar surface area (TPSA) is 81.5 Å². The van der Waals surface area contributed by atoms with E-state index in [9.17, 15) is 9.59 Å². The van der Waals surface area contributed by atoms with Gasteiger partial charge in [-0.25, -0.2) is 0 Å². The number of likely N-dealkylation sites (tertiary alicyclic amines) is 2. The lowest BCUT2D eigenvalue weighted by Crippen LogP contribution is -2.48. The van der Waals surface area contributed by atoms with Gasteiger partial charge in [0, 0.05) is 36.3 Å². The van der Waals surface area contributed by atoms with E-state index in [0.29, 0.717) is 53.4 Å². The van der Waals surface area contributed by atoms with Crippen LogP contribution in [0.15, 0.2) is 59.0 Å². The van der Waals surface area contributed by atoms with Crippen molar-refractivity contribution in [3.05, 3.63) is 71.0 Å². The smallest absolute Gasteiger partial charge is 0.289 e. The second-order valence-corrected chi connectivity index (χ2v) is 10.1. The number of amides is 2. The molecule has 0 N–H and O–H groups in total. The van der Waals surface area contributed by atoms with Crippen molar-refractivity contribution in [2.75, 3.05) is 41.0 Å². The van der Waals surface area contributed by atoms with Crippen molar-refractivity contribution in [3.8, 4) is 28.6 Å². The average Bonchev–Trinajstić information content (AvgIpc) is 3.63.